The van der Waals surface area contributed by atoms with Crippen LogP contribution in [0.15, 0.2) is 45.6 Å². The zero-order valence-corrected chi connectivity index (χ0v) is 22.2. The van der Waals surface area contributed by atoms with Gasteiger partial charge in [-0.05, 0) is 55.7 Å². The number of aromatic nitrogens is 2. The highest BCUT2D eigenvalue weighted by Gasteiger charge is 2.38. The van der Waals surface area contributed by atoms with Crippen molar-refractivity contribution < 1.29 is 19.1 Å². The van der Waals surface area contributed by atoms with Crippen molar-refractivity contribution in [1.29, 1.82) is 0 Å². The fourth-order valence-electron chi connectivity index (χ4n) is 5.91. The molecule has 2 aliphatic heterocycles. The number of hydrogen-bond acceptors (Lipinski definition) is 7. The number of pyridine rings is 1. The average molecular weight is 530 g/mol. The van der Waals surface area contributed by atoms with E-state index in [0.29, 0.717) is 54.1 Å². The van der Waals surface area contributed by atoms with Gasteiger partial charge >= 0.3 is 0 Å². The standard InChI is InChI=1S/C29H31N5O5/c1-16-4-7-22-20(12-16)31-28(39-22)29(2)8-10-33(11-9-29)25-19-13-17(34-15-18(35)14-23(34)36)5-6-21(19)32(3)27(38)24(25)26(30)37/h4-7,12-13,18,35H,8-11,14-15H2,1-3H3,(H2,30,37)/t18-/m1/s1. The minimum atomic E-state index is -0.798. The number of nitrogens with zero attached hydrogens (tertiary/aromatic N) is 4. The Balaban J connectivity index is 1.41. The number of aryl methyl sites for hydroxylation is 2. The number of carbonyl (C=O) groups excluding carboxylic acids is 2. The van der Waals surface area contributed by atoms with Gasteiger partial charge in [0.05, 0.1) is 30.3 Å². The smallest absolute Gasteiger partial charge is 0.265 e. The molecule has 0 unspecified atom stereocenters. The van der Waals surface area contributed by atoms with E-state index in [1.807, 2.05) is 36.1 Å². The molecule has 39 heavy (non-hydrogen) atoms. The number of anilines is 2. The van der Waals surface area contributed by atoms with Gasteiger partial charge < -0.3 is 29.6 Å². The lowest BCUT2D eigenvalue weighted by Gasteiger charge is -2.39. The van der Waals surface area contributed by atoms with Crippen molar-refractivity contribution in [2.24, 2.45) is 12.8 Å². The summed E-state index contributed by atoms with van der Waals surface area (Å²) in [4.78, 5) is 46.8. The number of fused-ring (bicyclic) bond motifs is 2. The number of oxazole rings is 1. The average Bonchev–Trinajstić information content (AvgIpc) is 3.48. The van der Waals surface area contributed by atoms with E-state index in [4.69, 9.17) is 15.1 Å². The molecule has 2 fully saturated rings. The van der Waals surface area contributed by atoms with E-state index >= 15 is 0 Å². The predicted octanol–water partition coefficient (Wildman–Crippen LogP) is 2.74. The lowest BCUT2D eigenvalue weighted by Crippen LogP contribution is -2.43. The van der Waals surface area contributed by atoms with E-state index in [9.17, 15) is 19.5 Å². The molecule has 1 atom stereocenters. The van der Waals surface area contributed by atoms with Crippen molar-refractivity contribution in [2.75, 3.05) is 29.4 Å². The largest absolute Gasteiger partial charge is 0.440 e. The predicted molar refractivity (Wildman–Crippen MR) is 148 cm³/mol. The summed E-state index contributed by atoms with van der Waals surface area (Å²) in [5, 5.41) is 10.7. The molecule has 3 N–H and O–H groups in total. The van der Waals surface area contributed by atoms with Crippen molar-refractivity contribution in [1.82, 2.24) is 9.55 Å². The highest BCUT2D eigenvalue weighted by molar-refractivity contribution is 6.08. The lowest BCUT2D eigenvalue weighted by molar-refractivity contribution is -0.117. The molecule has 0 bridgehead atoms. The highest BCUT2D eigenvalue weighted by atomic mass is 16.3. The molecule has 4 heterocycles. The normalized spacial score (nSPS) is 19.4. The minimum Gasteiger partial charge on any atom is -0.440 e. The number of amides is 2. The Morgan fingerprint density at radius 3 is 2.56 bits per heavy atom. The number of carbonyl (C=O) groups is 2. The fourth-order valence-corrected chi connectivity index (χ4v) is 5.91. The number of primary amides is 1. The van der Waals surface area contributed by atoms with Gasteiger partial charge in [0.25, 0.3) is 11.5 Å². The first kappa shape index (κ1) is 25.1. The van der Waals surface area contributed by atoms with Crippen LogP contribution in [0.4, 0.5) is 11.4 Å². The molecule has 2 aliphatic rings. The molecular formula is C29H31N5O5. The second-order valence-electron chi connectivity index (χ2n) is 11.1. The quantitative estimate of drug-likeness (QED) is 0.415. The van der Waals surface area contributed by atoms with Gasteiger partial charge in [0, 0.05) is 36.6 Å². The molecule has 10 nitrogen and oxygen atoms in total. The molecule has 2 aromatic carbocycles. The van der Waals surface area contributed by atoms with Crippen molar-refractivity contribution in [2.45, 2.75) is 44.6 Å². The third-order valence-electron chi connectivity index (χ3n) is 8.26. The van der Waals surface area contributed by atoms with Gasteiger partial charge in [-0.1, -0.05) is 13.0 Å². The van der Waals surface area contributed by atoms with E-state index in [2.05, 4.69) is 6.92 Å². The third-order valence-corrected chi connectivity index (χ3v) is 8.26. The zero-order valence-electron chi connectivity index (χ0n) is 22.2. The maximum atomic E-state index is 13.3. The molecule has 10 heteroatoms. The molecule has 0 saturated carbocycles. The Morgan fingerprint density at radius 1 is 1.15 bits per heavy atom. The van der Waals surface area contributed by atoms with E-state index in [-0.39, 0.29) is 29.9 Å². The number of β-amino-alcohol motifs (C(OH)–C–C–N with tert-alkyl or cyclic N) is 1. The van der Waals surface area contributed by atoms with Crippen LogP contribution in [0.1, 0.15) is 48.0 Å². The van der Waals surface area contributed by atoms with Crippen LogP contribution in [-0.4, -0.2) is 52.2 Å². The number of hydrogen-bond donors (Lipinski definition) is 2. The van der Waals surface area contributed by atoms with Crippen molar-refractivity contribution >= 4 is 45.2 Å². The molecular weight excluding hydrogens is 498 g/mol. The van der Waals surface area contributed by atoms with E-state index < -0.39 is 17.6 Å². The first-order chi connectivity index (χ1) is 18.6. The first-order valence-corrected chi connectivity index (χ1v) is 13.1. The fraction of sp³-hybridized carbons (Fsp3) is 0.379. The van der Waals surface area contributed by atoms with Crippen LogP contribution in [0.25, 0.3) is 22.0 Å². The Morgan fingerprint density at radius 2 is 1.90 bits per heavy atom. The topological polar surface area (TPSA) is 135 Å². The first-order valence-electron chi connectivity index (χ1n) is 13.1. The van der Waals surface area contributed by atoms with Crippen molar-refractivity contribution in [3.05, 3.63) is 63.8 Å². The molecule has 6 rings (SSSR count). The Labute approximate surface area is 224 Å². The molecule has 0 radical (unpaired) electrons. The van der Waals surface area contributed by atoms with E-state index in [1.54, 1.807) is 19.2 Å². The maximum Gasteiger partial charge on any atom is 0.265 e. The summed E-state index contributed by atoms with van der Waals surface area (Å²) in [6.07, 6.45) is 0.698. The van der Waals surface area contributed by atoms with Gasteiger partial charge in [-0.3, -0.25) is 14.4 Å². The number of benzene rings is 2. The third kappa shape index (κ3) is 4.06. The van der Waals surface area contributed by atoms with E-state index in [1.165, 1.54) is 9.47 Å². The molecule has 0 spiro atoms. The summed E-state index contributed by atoms with van der Waals surface area (Å²) in [5.74, 6) is -0.293. The van der Waals surface area contributed by atoms with Crippen LogP contribution in [0.5, 0.6) is 0 Å². The molecule has 2 saturated heterocycles. The molecule has 0 aliphatic carbocycles. The van der Waals surface area contributed by atoms with Gasteiger partial charge in [-0.2, -0.15) is 0 Å². The van der Waals surface area contributed by atoms with Gasteiger partial charge in [-0.25, -0.2) is 4.98 Å². The summed E-state index contributed by atoms with van der Waals surface area (Å²) in [7, 11) is 1.60. The summed E-state index contributed by atoms with van der Waals surface area (Å²) >= 11 is 0. The summed E-state index contributed by atoms with van der Waals surface area (Å²) in [6, 6.07) is 11.3. The van der Waals surface area contributed by atoms with Crippen LogP contribution in [0.3, 0.4) is 0 Å². The second-order valence-corrected chi connectivity index (χ2v) is 11.1. The SMILES string of the molecule is Cc1ccc2oc(C3(C)CCN(c4c(C(N)=O)c(=O)n(C)c5ccc(N6C[C@H](O)CC6=O)cc45)CC3)nc2c1. The number of aliphatic hydroxyl groups is 1. The highest BCUT2D eigenvalue weighted by Crippen LogP contribution is 2.40. The van der Waals surface area contributed by atoms with E-state index in [0.717, 1.165) is 16.7 Å². The van der Waals surface area contributed by atoms with Crippen LogP contribution in [-0.2, 0) is 17.3 Å². The summed E-state index contributed by atoms with van der Waals surface area (Å²) < 4.78 is 7.56. The number of rotatable bonds is 4. The van der Waals surface area contributed by atoms with Gasteiger partial charge in [0.15, 0.2) is 5.58 Å². The monoisotopic (exact) mass is 529 g/mol. The minimum absolute atomic E-state index is 0.0603. The van der Waals surface area contributed by atoms with Crippen molar-refractivity contribution in [3.63, 3.8) is 0 Å². The number of nitrogens with two attached hydrogens (primary N) is 1. The Hall–Kier alpha value is -4.18. The van der Waals surface area contributed by atoms with Crippen molar-refractivity contribution in [3.8, 4) is 0 Å². The van der Waals surface area contributed by atoms with Crippen LogP contribution in [0.2, 0.25) is 0 Å². The molecule has 202 valence electrons. The molecule has 2 amide bonds. The number of aliphatic hydroxyl groups excluding tert-OH is 1. The lowest BCUT2D eigenvalue weighted by atomic mass is 9.80. The molecule has 4 aromatic rings. The molecule has 2 aromatic heterocycles. The van der Waals surface area contributed by atoms with Crippen LogP contribution < -0.4 is 21.1 Å². The van der Waals surface area contributed by atoms with Crippen LogP contribution >= 0.6 is 0 Å². The van der Waals surface area contributed by atoms with Gasteiger partial charge in [0.2, 0.25) is 11.8 Å². The zero-order chi connectivity index (χ0) is 27.6. The van der Waals surface area contributed by atoms with Gasteiger partial charge in [-0.15, -0.1) is 0 Å². The Kier molecular flexibility index (Phi) is 5.76. The Bertz CT molecular complexity index is 1710. The van der Waals surface area contributed by atoms with Crippen LogP contribution in [0, 0.1) is 6.92 Å². The second kappa shape index (κ2) is 8.94. The maximum absolute atomic E-state index is 13.3. The van der Waals surface area contributed by atoms with Gasteiger partial charge in [0.1, 0.15) is 11.1 Å². The summed E-state index contributed by atoms with van der Waals surface area (Å²) in [5.41, 5.74) is 9.31. The number of piperidine rings is 1. The summed E-state index contributed by atoms with van der Waals surface area (Å²) in [6.45, 7) is 5.43.